The number of aliphatic carboxylic acids is 1. The molecule has 1 aromatic carbocycles. The molecule has 1 amide bonds. The highest BCUT2D eigenvalue weighted by Gasteiger charge is 2.40. The third-order valence-electron chi connectivity index (χ3n) is 2.21. The summed E-state index contributed by atoms with van der Waals surface area (Å²) in [5, 5.41) is 10.1. The van der Waals surface area contributed by atoms with Gasteiger partial charge in [0.05, 0.1) is 0 Å². The van der Waals surface area contributed by atoms with E-state index in [0.717, 1.165) is 12.1 Å². The van der Waals surface area contributed by atoms with Gasteiger partial charge in [0, 0.05) is 6.42 Å². The number of nitrogens with one attached hydrogen (secondary N) is 1. The molecule has 0 fully saturated rings. The zero-order chi connectivity index (χ0) is 14.6. The van der Waals surface area contributed by atoms with Gasteiger partial charge in [-0.3, -0.25) is 4.79 Å². The van der Waals surface area contributed by atoms with E-state index in [4.69, 9.17) is 5.11 Å². The van der Waals surface area contributed by atoms with Crippen LogP contribution in [0.5, 0.6) is 0 Å². The molecule has 0 aliphatic rings. The van der Waals surface area contributed by atoms with Crippen LogP contribution in [0.3, 0.4) is 0 Å². The Bertz CT molecular complexity index is 470. The van der Waals surface area contributed by atoms with E-state index in [1.807, 2.05) is 0 Å². The lowest BCUT2D eigenvalue weighted by atomic mass is 10.1. The van der Waals surface area contributed by atoms with Crippen molar-refractivity contribution in [3.8, 4) is 0 Å². The summed E-state index contributed by atoms with van der Waals surface area (Å²) in [7, 11) is 0. The number of carbonyl (C=O) groups excluding carboxylic acids is 1. The van der Waals surface area contributed by atoms with Crippen LogP contribution in [-0.2, 0) is 16.0 Å². The summed E-state index contributed by atoms with van der Waals surface area (Å²) in [5.41, 5.74) is 0.288. The summed E-state index contributed by atoms with van der Waals surface area (Å²) in [4.78, 5) is 21.4. The lowest BCUT2D eigenvalue weighted by molar-refractivity contribution is -0.175. The topological polar surface area (TPSA) is 66.4 Å². The predicted molar refractivity (Wildman–Crippen MR) is 55.7 cm³/mol. The number of carboxylic acid groups (broad SMARTS) is 1. The van der Waals surface area contributed by atoms with E-state index < -0.39 is 29.9 Å². The average Bonchev–Trinajstić information content (AvgIpc) is 2.29. The number of benzene rings is 1. The Morgan fingerprint density at radius 3 is 2.16 bits per heavy atom. The second-order valence-corrected chi connectivity index (χ2v) is 3.69. The lowest BCUT2D eigenvalue weighted by Gasteiger charge is -2.15. The third kappa shape index (κ3) is 4.57. The molecule has 0 aromatic heterocycles. The third-order valence-corrected chi connectivity index (χ3v) is 2.21. The van der Waals surface area contributed by atoms with Crippen molar-refractivity contribution in [1.29, 1.82) is 0 Å². The lowest BCUT2D eigenvalue weighted by Crippen LogP contribution is -2.47. The number of carboxylic acids is 1. The standard InChI is InChI=1S/C11H9F4NO3/c12-7-3-1-6(2-4-7)5-8(9(17)18)16-10(19)11(13,14)15/h1-4,8H,5H2,(H,16,19)(H,17,18)/t8-/m1/s1. The molecule has 4 nitrogen and oxygen atoms in total. The smallest absolute Gasteiger partial charge is 0.471 e. The second-order valence-electron chi connectivity index (χ2n) is 3.69. The molecule has 1 aromatic rings. The maximum absolute atomic E-state index is 12.6. The molecular formula is C11H9F4NO3. The van der Waals surface area contributed by atoms with E-state index in [0.29, 0.717) is 0 Å². The van der Waals surface area contributed by atoms with Crippen molar-refractivity contribution in [3.05, 3.63) is 35.6 Å². The summed E-state index contributed by atoms with van der Waals surface area (Å²) < 4.78 is 48.6. The molecule has 0 saturated carbocycles. The Kier molecular flexibility index (Phi) is 4.47. The van der Waals surface area contributed by atoms with E-state index in [-0.39, 0.29) is 12.0 Å². The predicted octanol–water partition coefficient (Wildman–Crippen LogP) is 1.50. The van der Waals surface area contributed by atoms with E-state index >= 15 is 0 Å². The molecule has 104 valence electrons. The molecule has 0 aliphatic carbocycles. The molecule has 2 N–H and O–H groups in total. The summed E-state index contributed by atoms with van der Waals surface area (Å²) in [6, 6.07) is 2.80. The number of alkyl halides is 3. The molecule has 19 heavy (non-hydrogen) atoms. The minimum Gasteiger partial charge on any atom is -0.480 e. The van der Waals surface area contributed by atoms with Crippen molar-refractivity contribution in [2.24, 2.45) is 0 Å². The molecule has 8 heteroatoms. The van der Waals surface area contributed by atoms with Crippen LogP contribution in [0.1, 0.15) is 5.56 Å². The van der Waals surface area contributed by atoms with Crippen LogP contribution in [-0.4, -0.2) is 29.2 Å². The van der Waals surface area contributed by atoms with Crippen LogP contribution < -0.4 is 5.32 Å². The quantitative estimate of drug-likeness (QED) is 0.821. The normalized spacial score (nSPS) is 12.8. The largest absolute Gasteiger partial charge is 0.480 e. The van der Waals surface area contributed by atoms with Gasteiger partial charge in [0.1, 0.15) is 11.9 Å². The van der Waals surface area contributed by atoms with Gasteiger partial charge in [-0.15, -0.1) is 0 Å². The molecule has 1 atom stereocenters. The van der Waals surface area contributed by atoms with Crippen LogP contribution in [0.4, 0.5) is 17.6 Å². The molecule has 0 radical (unpaired) electrons. The van der Waals surface area contributed by atoms with Crippen molar-refractivity contribution in [1.82, 2.24) is 5.32 Å². The van der Waals surface area contributed by atoms with Gasteiger partial charge in [-0.2, -0.15) is 13.2 Å². The average molecular weight is 279 g/mol. The fourth-order valence-electron chi connectivity index (χ4n) is 1.30. The Morgan fingerprint density at radius 1 is 1.21 bits per heavy atom. The fraction of sp³-hybridized carbons (Fsp3) is 0.273. The fourth-order valence-corrected chi connectivity index (χ4v) is 1.30. The Labute approximate surface area is 105 Å². The second kappa shape index (κ2) is 5.68. The van der Waals surface area contributed by atoms with E-state index in [2.05, 4.69) is 0 Å². The van der Waals surface area contributed by atoms with E-state index in [1.54, 1.807) is 0 Å². The van der Waals surface area contributed by atoms with Gasteiger partial charge in [0.15, 0.2) is 0 Å². The minimum absolute atomic E-state index is 0.288. The molecule has 0 aliphatic heterocycles. The van der Waals surface area contributed by atoms with Crippen LogP contribution in [0.25, 0.3) is 0 Å². The first kappa shape index (κ1) is 14.9. The van der Waals surface area contributed by atoms with E-state index in [9.17, 15) is 27.2 Å². The van der Waals surface area contributed by atoms with E-state index in [1.165, 1.54) is 17.4 Å². The molecular weight excluding hydrogens is 270 g/mol. The molecule has 1 rings (SSSR count). The number of hydrogen-bond acceptors (Lipinski definition) is 2. The van der Waals surface area contributed by atoms with Crippen LogP contribution >= 0.6 is 0 Å². The van der Waals surface area contributed by atoms with Crippen molar-refractivity contribution < 1.29 is 32.3 Å². The number of amides is 1. The van der Waals surface area contributed by atoms with Crippen molar-refractivity contribution in [3.63, 3.8) is 0 Å². The molecule has 0 unspecified atom stereocenters. The highest BCUT2D eigenvalue weighted by Crippen LogP contribution is 2.15. The first-order valence-electron chi connectivity index (χ1n) is 5.05. The first-order valence-corrected chi connectivity index (χ1v) is 5.05. The van der Waals surface area contributed by atoms with Gasteiger partial charge in [0.25, 0.3) is 0 Å². The monoisotopic (exact) mass is 279 g/mol. The van der Waals surface area contributed by atoms with Gasteiger partial charge < -0.3 is 10.4 Å². The number of rotatable bonds is 4. The number of carbonyl (C=O) groups is 2. The first-order chi connectivity index (χ1) is 8.70. The summed E-state index contributed by atoms with van der Waals surface area (Å²) in [6.07, 6.45) is -5.53. The summed E-state index contributed by atoms with van der Waals surface area (Å²) >= 11 is 0. The molecule has 0 heterocycles. The van der Waals surface area contributed by atoms with Crippen LogP contribution in [0.2, 0.25) is 0 Å². The minimum atomic E-state index is -5.16. The molecule has 0 saturated heterocycles. The highest BCUT2D eigenvalue weighted by molar-refractivity contribution is 5.87. The van der Waals surface area contributed by atoms with Gasteiger partial charge in [-0.25, -0.2) is 9.18 Å². The molecule has 0 bridgehead atoms. The van der Waals surface area contributed by atoms with Crippen molar-refractivity contribution in [2.75, 3.05) is 0 Å². The maximum atomic E-state index is 12.6. The zero-order valence-electron chi connectivity index (χ0n) is 9.37. The Balaban J connectivity index is 2.77. The Morgan fingerprint density at radius 2 is 1.74 bits per heavy atom. The zero-order valence-corrected chi connectivity index (χ0v) is 9.37. The van der Waals surface area contributed by atoms with Crippen LogP contribution in [0, 0.1) is 5.82 Å². The van der Waals surface area contributed by atoms with Gasteiger partial charge in [-0.05, 0) is 17.7 Å². The number of halogens is 4. The number of hydrogen-bond donors (Lipinski definition) is 2. The van der Waals surface area contributed by atoms with Crippen LogP contribution in [0.15, 0.2) is 24.3 Å². The highest BCUT2D eigenvalue weighted by atomic mass is 19.4. The summed E-state index contributed by atoms with van der Waals surface area (Å²) in [6.45, 7) is 0. The van der Waals surface area contributed by atoms with Gasteiger partial charge in [0.2, 0.25) is 0 Å². The van der Waals surface area contributed by atoms with Gasteiger partial charge >= 0.3 is 18.1 Å². The molecule has 0 spiro atoms. The van der Waals surface area contributed by atoms with Crippen molar-refractivity contribution in [2.45, 2.75) is 18.6 Å². The maximum Gasteiger partial charge on any atom is 0.471 e. The van der Waals surface area contributed by atoms with Crippen molar-refractivity contribution >= 4 is 11.9 Å². The SMILES string of the molecule is O=C(O)[C@@H](Cc1ccc(F)cc1)NC(=O)C(F)(F)F. The summed E-state index contributed by atoms with van der Waals surface area (Å²) in [5.74, 6) is -4.50. The van der Waals surface area contributed by atoms with Gasteiger partial charge in [-0.1, -0.05) is 12.1 Å². The Hall–Kier alpha value is -2.12.